The van der Waals surface area contributed by atoms with Crippen LogP contribution in [0.3, 0.4) is 0 Å². The summed E-state index contributed by atoms with van der Waals surface area (Å²) in [6.07, 6.45) is 4.27. The van der Waals surface area contributed by atoms with Gasteiger partial charge in [0.15, 0.2) is 0 Å². The molecule has 2 heterocycles. The molecule has 0 aliphatic heterocycles. The number of rotatable bonds is 7. The van der Waals surface area contributed by atoms with Crippen LogP contribution in [0.25, 0.3) is 0 Å². The number of nitrogens with zero attached hydrogens (tertiary/aromatic N) is 2. The lowest BCUT2D eigenvalue weighted by atomic mass is 10.2. The van der Waals surface area contributed by atoms with E-state index in [0.29, 0.717) is 14.9 Å². The monoisotopic (exact) mass is 339 g/mol. The van der Waals surface area contributed by atoms with Crippen LogP contribution < -0.4 is 5.32 Å². The van der Waals surface area contributed by atoms with Gasteiger partial charge < -0.3 is 4.74 Å². The van der Waals surface area contributed by atoms with Crippen molar-refractivity contribution in [2.45, 2.75) is 32.6 Å². The Morgan fingerprint density at radius 2 is 1.95 bits per heavy atom. The van der Waals surface area contributed by atoms with Crippen LogP contribution >= 0.6 is 22.7 Å². The lowest BCUT2D eigenvalue weighted by Crippen LogP contribution is -2.09. The normalized spacial score (nSPS) is 10.5. The molecular formula is C14H17N3O3S2. The number of aromatic nitrogens is 2. The van der Waals surface area contributed by atoms with Crippen LogP contribution in [-0.4, -0.2) is 29.2 Å². The van der Waals surface area contributed by atoms with Gasteiger partial charge >= 0.3 is 5.97 Å². The van der Waals surface area contributed by atoms with Gasteiger partial charge in [-0.25, -0.2) is 4.79 Å². The summed E-state index contributed by atoms with van der Waals surface area (Å²) in [5, 5.41) is 12.1. The van der Waals surface area contributed by atoms with Crippen LogP contribution in [0.15, 0.2) is 12.1 Å². The minimum absolute atomic E-state index is 0.295. The van der Waals surface area contributed by atoms with Gasteiger partial charge in [-0.2, -0.15) is 0 Å². The Labute approximate surface area is 136 Å². The number of carbonyl (C=O) groups excluding carboxylic acids is 2. The summed E-state index contributed by atoms with van der Waals surface area (Å²) in [7, 11) is 1.31. The van der Waals surface area contributed by atoms with Crippen molar-refractivity contribution in [1.29, 1.82) is 0 Å². The number of nitrogens with one attached hydrogen (secondary N) is 1. The molecule has 118 valence electrons. The first kappa shape index (κ1) is 16.6. The van der Waals surface area contributed by atoms with Crippen LogP contribution in [0.2, 0.25) is 0 Å². The van der Waals surface area contributed by atoms with Crippen molar-refractivity contribution in [3.05, 3.63) is 26.9 Å². The third kappa shape index (κ3) is 4.35. The first-order chi connectivity index (χ1) is 10.6. The predicted octanol–water partition coefficient (Wildman–Crippen LogP) is 3.37. The van der Waals surface area contributed by atoms with Gasteiger partial charge in [-0.15, -0.1) is 21.5 Å². The Balaban J connectivity index is 1.94. The third-order valence-electron chi connectivity index (χ3n) is 2.90. The fourth-order valence-electron chi connectivity index (χ4n) is 1.76. The second-order valence-corrected chi connectivity index (χ2v) is 6.71. The van der Waals surface area contributed by atoms with E-state index in [2.05, 4.69) is 27.2 Å². The molecule has 0 spiro atoms. The highest BCUT2D eigenvalue weighted by molar-refractivity contribution is 7.17. The van der Waals surface area contributed by atoms with Gasteiger partial charge in [-0.3, -0.25) is 10.1 Å². The second-order valence-electron chi connectivity index (χ2n) is 4.57. The van der Waals surface area contributed by atoms with Crippen LogP contribution in [0.4, 0.5) is 5.13 Å². The molecule has 0 bridgehead atoms. The van der Waals surface area contributed by atoms with E-state index in [-0.39, 0.29) is 5.91 Å². The molecule has 2 rings (SSSR count). The van der Waals surface area contributed by atoms with Gasteiger partial charge in [-0.05, 0) is 18.6 Å². The molecule has 0 aliphatic carbocycles. The number of thiophene rings is 1. The number of carbonyl (C=O) groups is 2. The van der Waals surface area contributed by atoms with E-state index in [1.807, 2.05) is 0 Å². The van der Waals surface area contributed by atoms with Crippen molar-refractivity contribution in [3.63, 3.8) is 0 Å². The molecule has 1 N–H and O–H groups in total. The molecule has 2 aromatic heterocycles. The van der Waals surface area contributed by atoms with E-state index < -0.39 is 5.97 Å². The molecular weight excluding hydrogens is 322 g/mol. The van der Waals surface area contributed by atoms with Gasteiger partial charge in [0.2, 0.25) is 5.13 Å². The first-order valence-corrected chi connectivity index (χ1v) is 8.59. The Morgan fingerprint density at radius 3 is 2.68 bits per heavy atom. The van der Waals surface area contributed by atoms with E-state index in [9.17, 15) is 9.59 Å². The van der Waals surface area contributed by atoms with E-state index in [4.69, 9.17) is 0 Å². The van der Waals surface area contributed by atoms with Gasteiger partial charge in [-0.1, -0.05) is 31.1 Å². The fraction of sp³-hybridized carbons (Fsp3) is 0.429. The van der Waals surface area contributed by atoms with E-state index >= 15 is 0 Å². The summed E-state index contributed by atoms with van der Waals surface area (Å²) in [6.45, 7) is 2.15. The van der Waals surface area contributed by atoms with Crippen LogP contribution in [0, 0.1) is 0 Å². The Kier molecular flexibility index (Phi) is 6.02. The minimum Gasteiger partial charge on any atom is -0.465 e. The van der Waals surface area contributed by atoms with Crippen molar-refractivity contribution in [3.8, 4) is 0 Å². The molecule has 2 aromatic rings. The van der Waals surface area contributed by atoms with Crippen molar-refractivity contribution in [2.24, 2.45) is 0 Å². The highest BCUT2D eigenvalue weighted by Gasteiger charge is 2.15. The molecule has 8 heteroatoms. The fourth-order valence-corrected chi connectivity index (χ4v) is 3.36. The molecule has 0 fully saturated rings. The largest absolute Gasteiger partial charge is 0.465 e. The molecule has 6 nitrogen and oxygen atoms in total. The highest BCUT2D eigenvalue weighted by Crippen LogP contribution is 2.21. The molecule has 0 saturated carbocycles. The zero-order chi connectivity index (χ0) is 15.9. The molecule has 1 amide bonds. The summed E-state index contributed by atoms with van der Waals surface area (Å²) in [5.74, 6) is -0.741. The maximum Gasteiger partial charge on any atom is 0.348 e. The maximum absolute atomic E-state index is 12.1. The average molecular weight is 339 g/mol. The van der Waals surface area contributed by atoms with Crippen molar-refractivity contribution >= 4 is 39.7 Å². The maximum atomic E-state index is 12.1. The van der Waals surface area contributed by atoms with Crippen molar-refractivity contribution in [1.82, 2.24) is 10.2 Å². The highest BCUT2D eigenvalue weighted by atomic mass is 32.1. The molecule has 0 aromatic carbocycles. The lowest BCUT2D eigenvalue weighted by molar-refractivity contribution is 0.0606. The number of anilines is 1. The quantitative estimate of drug-likeness (QED) is 0.618. The number of aryl methyl sites for hydroxylation is 1. The van der Waals surface area contributed by atoms with Gasteiger partial charge in [0, 0.05) is 6.42 Å². The third-order valence-corrected chi connectivity index (χ3v) is 4.86. The average Bonchev–Trinajstić information content (AvgIpc) is 3.16. The summed E-state index contributed by atoms with van der Waals surface area (Å²) in [4.78, 5) is 24.3. The summed E-state index contributed by atoms with van der Waals surface area (Å²) >= 11 is 2.47. The zero-order valence-corrected chi connectivity index (χ0v) is 14.1. The standard InChI is InChI=1S/C14H17N3O3S2/c1-3-4-5-6-11-16-17-14(22-11)15-12(18)9-7-8-10(21-9)13(19)20-2/h7-8H,3-6H2,1-2H3,(H,15,17,18). The van der Waals surface area contributed by atoms with E-state index in [0.717, 1.165) is 42.0 Å². The number of esters is 1. The van der Waals surface area contributed by atoms with Gasteiger partial charge in [0.1, 0.15) is 9.88 Å². The lowest BCUT2D eigenvalue weighted by Gasteiger charge is -1.97. The second kappa shape index (κ2) is 8.00. The predicted molar refractivity (Wildman–Crippen MR) is 86.7 cm³/mol. The smallest absolute Gasteiger partial charge is 0.348 e. The number of hydrogen-bond donors (Lipinski definition) is 1. The van der Waals surface area contributed by atoms with Crippen molar-refractivity contribution < 1.29 is 14.3 Å². The van der Waals surface area contributed by atoms with Crippen molar-refractivity contribution in [2.75, 3.05) is 12.4 Å². The Morgan fingerprint density at radius 1 is 1.18 bits per heavy atom. The zero-order valence-electron chi connectivity index (χ0n) is 12.4. The topological polar surface area (TPSA) is 81.2 Å². The molecule has 0 aliphatic rings. The molecule has 0 radical (unpaired) electrons. The Bertz CT molecular complexity index is 651. The summed E-state index contributed by atoms with van der Waals surface area (Å²) in [6, 6.07) is 3.16. The van der Waals surface area contributed by atoms with Crippen LogP contribution in [0.1, 0.15) is 50.5 Å². The summed E-state index contributed by atoms with van der Waals surface area (Å²) in [5.41, 5.74) is 0. The van der Waals surface area contributed by atoms with Gasteiger partial charge in [0.25, 0.3) is 5.91 Å². The first-order valence-electron chi connectivity index (χ1n) is 6.96. The molecule has 0 saturated heterocycles. The van der Waals surface area contributed by atoms with Crippen LogP contribution in [-0.2, 0) is 11.2 Å². The van der Waals surface area contributed by atoms with E-state index in [1.54, 1.807) is 12.1 Å². The molecule has 0 atom stereocenters. The molecule has 0 unspecified atom stereocenters. The summed E-state index contributed by atoms with van der Waals surface area (Å²) < 4.78 is 4.62. The number of unbranched alkanes of at least 4 members (excludes halogenated alkanes) is 2. The Hall–Kier alpha value is -1.80. The number of methoxy groups -OCH3 is 1. The SMILES string of the molecule is CCCCCc1nnc(NC(=O)c2ccc(C(=O)OC)s2)s1. The van der Waals surface area contributed by atoms with E-state index in [1.165, 1.54) is 18.4 Å². The molecule has 22 heavy (non-hydrogen) atoms. The number of amides is 1. The van der Waals surface area contributed by atoms with Gasteiger partial charge in [0.05, 0.1) is 12.0 Å². The van der Waals surface area contributed by atoms with Crippen LogP contribution in [0.5, 0.6) is 0 Å². The minimum atomic E-state index is -0.446. The number of hydrogen-bond acceptors (Lipinski definition) is 7. The number of ether oxygens (including phenoxy) is 1.